The van der Waals surface area contributed by atoms with E-state index in [1.54, 1.807) is 22.8 Å². The molecule has 0 fully saturated rings. The number of rotatable bonds is 6. The van der Waals surface area contributed by atoms with Crippen molar-refractivity contribution in [2.24, 2.45) is 5.10 Å². The fraction of sp³-hybridized carbons (Fsp3) is 0.455. The molecule has 0 radical (unpaired) electrons. The highest BCUT2D eigenvalue weighted by molar-refractivity contribution is 6.04. The van der Waals surface area contributed by atoms with Crippen molar-refractivity contribution in [1.82, 2.24) is 15.0 Å². The van der Waals surface area contributed by atoms with E-state index in [1.807, 2.05) is 0 Å². The van der Waals surface area contributed by atoms with E-state index in [4.69, 9.17) is 0 Å². The zero-order valence-corrected chi connectivity index (χ0v) is 16.3. The van der Waals surface area contributed by atoms with Crippen molar-refractivity contribution in [2.45, 2.75) is 64.8 Å². The predicted octanol–water partition coefficient (Wildman–Crippen LogP) is 3.73. The first-order valence-corrected chi connectivity index (χ1v) is 10.3. The summed E-state index contributed by atoms with van der Waals surface area (Å²) < 4.78 is 1.74. The maximum atomic E-state index is 12.6. The number of carbonyl (C=O) groups is 1. The van der Waals surface area contributed by atoms with Crippen molar-refractivity contribution in [3.05, 3.63) is 51.6 Å². The third kappa shape index (κ3) is 3.63. The van der Waals surface area contributed by atoms with Gasteiger partial charge in [-0.3, -0.25) is 14.2 Å². The molecule has 1 aliphatic carbocycles. The zero-order chi connectivity index (χ0) is 19.5. The Morgan fingerprint density at radius 1 is 1.29 bits per heavy atom. The maximum absolute atomic E-state index is 12.6. The highest BCUT2D eigenvalue weighted by Crippen LogP contribution is 2.21. The van der Waals surface area contributed by atoms with Crippen LogP contribution < -0.4 is 11.0 Å². The van der Waals surface area contributed by atoms with E-state index in [1.165, 1.54) is 18.4 Å². The standard InChI is InChI=1S/C22H26N4O2/c1-2-3-4-7-15-8-5-9-18(15)24-25-21(27)16-11-12-17-19(14-16)23-20-10-6-13-26(20)22(17)28/h8,11-12,14H,2-7,9-10,13H2,1H3,(H,25,27)/b24-18-. The summed E-state index contributed by atoms with van der Waals surface area (Å²) in [5.41, 5.74) is 5.98. The van der Waals surface area contributed by atoms with Gasteiger partial charge in [0.25, 0.3) is 11.5 Å². The molecule has 0 bridgehead atoms. The topological polar surface area (TPSA) is 76.3 Å². The van der Waals surface area contributed by atoms with Crippen molar-refractivity contribution < 1.29 is 4.79 Å². The lowest BCUT2D eigenvalue weighted by molar-refractivity contribution is 0.0955. The van der Waals surface area contributed by atoms with Gasteiger partial charge in [0.05, 0.1) is 16.6 Å². The second-order valence-corrected chi connectivity index (χ2v) is 7.54. The first-order valence-electron chi connectivity index (χ1n) is 10.3. The van der Waals surface area contributed by atoms with Crippen LogP contribution in [0.5, 0.6) is 0 Å². The van der Waals surface area contributed by atoms with Gasteiger partial charge in [-0.05, 0) is 55.9 Å². The van der Waals surface area contributed by atoms with Crippen LogP contribution in [0.15, 0.2) is 39.7 Å². The Labute approximate surface area is 164 Å². The van der Waals surface area contributed by atoms with Crippen LogP contribution in [0.1, 0.15) is 68.1 Å². The van der Waals surface area contributed by atoms with Crippen molar-refractivity contribution in [1.29, 1.82) is 0 Å². The quantitative estimate of drug-likeness (QED) is 0.615. The monoisotopic (exact) mass is 378 g/mol. The van der Waals surface area contributed by atoms with E-state index in [0.29, 0.717) is 16.5 Å². The number of unbranched alkanes of at least 4 members (excludes halogenated alkanes) is 2. The molecule has 2 heterocycles. The number of fused-ring (bicyclic) bond motifs is 2. The molecule has 4 rings (SSSR count). The van der Waals surface area contributed by atoms with Crippen LogP contribution in [0.25, 0.3) is 10.9 Å². The summed E-state index contributed by atoms with van der Waals surface area (Å²) in [5, 5.41) is 4.94. The molecule has 6 nitrogen and oxygen atoms in total. The van der Waals surface area contributed by atoms with Gasteiger partial charge in [0.15, 0.2) is 0 Å². The molecule has 0 atom stereocenters. The van der Waals surface area contributed by atoms with Crippen molar-refractivity contribution in [3.63, 3.8) is 0 Å². The molecule has 0 saturated carbocycles. The second-order valence-electron chi connectivity index (χ2n) is 7.54. The summed E-state index contributed by atoms with van der Waals surface area (Å²) in [6.45, 7) is 2.92. The van der Waals surface area contributed by atoms with Crippen LogP contribution in [0.2, 0.25) is 0 Å². The van der Waals surface area contributed by atoms with Crippen LogP contribution in [0.4, 0.5) is 0 Å². The molecule has 0 saturated heterocycles. The Hall–Kier alpha value is -2.76. The first-order chi connectivity index (χ1) is 13.7. The average molecular weight is 378 g/mol. The number of amides is 1. The lowest BCUT2D eigenvalue weighted by Crippen LogP contribution is -2.22. The number of hydrazone groups is 1. The highest BCUT2D eigenvalue weighted by atomic mass is 16.2. The van der Waals surface area contributed by atoms with Gasteiger partial charge < -0.3 is 0 Å². The fourth-order valence-electron chi connectivity index (χ4n) is 4.01. The van der Waals surface area contributed by atoms with E-state index in [2.05, 4.69) is 28.5 Å². The van der Waals surface area contributed by atoms with Gasteiger partial charge in [-0.2, -0.15) is 5.10 Å². The summed E-state index contributed by atoms with van der Waals surface area (Å²) in [6, 6.07) is 5.07. The van der Waals surface area contributed by atoms with E-state index in [0.717, 1.165) is 56.6 Å². The van der Waals surface area contributed by atoms with Gasteiger partial charge in [-0.15, -0.1) is 0 Å². The Balaban J connectivity index is 1.51. The molecule has 28 heavy (non-hydrogen) atoms. The minimum atomic E-state index is -0.267. The van der Waals surface area contributed by atoms with Gasteiger partial charge in [-0.1, -0.05) is 25.8 Å². The molecule has 2 aliphatic rings. The minimum absolute atomic E-state index is 0.0162. The largest absolute Gasteiger partial charge is 0.296 e. The molecule has 146 valence electrons. The highest BCUT2D eigenvalue weighted by Gasteiger charge is 2.18. The Morgan fingerprint density at radius 3 is 3.04 bits per heavy atom. The zero-order valence-electron chi connectivity index (χ0n) is 16.3. The van der Waals surface area contributed by atoms with Gasteiger partial charge in [0.2, 0.25) is 0 Å². The molecule has 6 heteroatoms. The number of benzene rings is 1. The average Bonchev–Trinajstić information content (AvgIpc) is 3.35. The molecule has 1 amide bonds. The normalized spacial score (nSPS) is 17.2. The number of hydrogen-bond donors (Lipinski definition) is 1. The summed E-state index contributed by atoms with van der Waals surface area (Å²) in [4.78, 5) is 29.7. The summed E-state index contributed by atoms with van der Waals surface area (Å²) in [6.07, 6.45) is 10.4. The number of carbonyl (C=O) groups excluding carboxylic acids is 1. The smallest absolute Gasteiger partial charge is 0.271 e. The van der Waals surface area contributed by atoms with Crippen LogP contribution in [0, 0.1) is 0 Å². The predicted molar refractivity (Wildman–Crippen MR) is 111 cm³/mol. The molecular weight excluding hydrogens is 352 g/mol. The van der Waals surface area contributed by atoms with Gasteiger partial charge in [-0.25, -0.2) is 10.4 Å². The Morgan fingerprint density at radius 2 is 2.18 bits per heavy atom. The maximum Gasteiger partial charge on any atom is 0.271 e. The van der Waals surface area contributed by atoms with Crippen molar-refractivity contribution >= 4 is 22.5 Å². The van der Waals surface area contributed by atoms with Crippen LogP contribution in [0.3, 0.4) is 0 Å². The number of nitrogens with one attached hydrogen (secondary N) is 1. The third-order valence-electron chi connectivity index (χ3n) is 5.56. The third-order valence-corrected chi connectivity index (χ3v) is 5.56. The van der Waals surface area contributed by atoms with E-state index >= 15 is 0 Å². The van der Waals surface area contributed by atoms with Gasteiger partial charge in [0, 0.05) is 18.5 Å². The molecule has 0 spiro atoms. The van der Waals surface area contributed by atoms with Crippen LogP contribution >= 0.6 is 0 Å². The van der Waals surface area contributed by atoms with E-state index in [9.17, 15) is 9.59 Å². The van der Waals surface area contributed by atoms with Gasteiger partial charge in [0.1, 0.15) is 5.82 Å². The Kier molecular flexibility index (Phi) is 5.37. The molecule has 1 aromatic heterocycles. The summed E-state index contributed by atoms with van der Waals surface area (Å²) >= 11 is 0. The minimum Gasteiger partial charge on any atom is -0.296 e. The first kappa shape index (κ1) is 18.6. The molecule has 0 unspecified atom stereocenters. The van der Waals surface area contributed by atoms with E-state index in [-0.39, 0.29) is 11.5 Å². The lowest BCUT2D eigenvalue weighted by Gasteiger charge is -2.08. The molecule has 2 aromatic rings. The van der Waals surface area contributed by atoms with Crippen LogP contribution in [-0.4, -0.2) is 21.2 Å². The number of nitrogens with zero attached hydrogens (tertiary/aromatic N) is 3. The lowest BCUT2D eigenvalue weighted by atomic mass is 10.1. The molecule has 1 N–H and O–H groups in total. The van der Waals surface area contributed by atoms with E-state index < -0.39 is 0 Å². The number of aryl methyl sites for hydroxylation is 1. The van der Waals surface area contributed by atoms with Crippen LogP contribution in [-0.2, 0) is 13.0 Å². The fourth-order valence-corrected chi connectivity index (χ4v) is 4.01. The number of aromatic nitrogens is 2. The molecule has 1 aromatic carbocycles. The summed E-state index contributed by atoms with van der Waals surface area (Å²) in [7, 11) is 0. The summed E-state index contributed by atoms with van der Waals surface area (Å²) in [5.74, 6) is 0.541. The van der Waals surface area contributed by atoms with Crippen molar-refractivity contribution in [2.75, 3.05) is 0 Å². The molecule has 1 aliphatic heterocycles. The SMILES string of the molecule is CCCCCC1=CCC/C1=N/NC(=O)c1ccc2c(=O)n3c(nc2c1)CCC3. The van der Waals surface area contributed by atoms with Crippen molar-refractivity contribution in [3.8, 4) is 0 Å². The van der Waals surface area contributed by atoms with Gasteiger partial charge >= 0.3 is 0 Å². The number of allylic oxidation sites excluding steroid dienone is 2. The number of hydrogen-bond acceptors (Lipinski definition) is 4. The second kappa shape index (κ2) is 8.09. The Bertz CT molecular complexity index is 1030. The molecular formula is C22H26N4O2.